The number of benzene rings is 9. The molecule has 12 aromatic rings. The lowest BCUT2D eigenvalue weighted by molar-refractivity contribution is 1.09. The highest BCUT2D eigenvalue weighted by Crippen LogP contribution is 2.45. The molecule has 330 valence electrons. The number of pyridine rings is 1. The second-order valence-corrected chi connectivity index (χ2v) is 17.4. The van der Waals surface area contributed by atoms with Crippen molar-refractivity contribution >= 4 is 43.6 Å². The molecule has 0 amide bonds. The van der Waals surface area contributed by atoms with Crippen LogP contribution in [0, 0.1) is 56.7 Å². The fourth-order valence-electron chi connectivity index (χ4n) is 10.4. The van der Waals surface area contributed by atoms with E-state index in [1.165, 1.54) is 0 Å². The van der Waals surface area contributed by atoms with E-state index in [2.05, 4.69) is 88.0 Å². The SMILES string of the molecule is N#Cc1ccccc1-c1ccc2c3ccc(-c4ccccc4C#N)cc3n(-c3cncc(-n4c5cc(-c6ccccc6C#N)ccc5c5ccc(-c6ccccc6C#N)cc54)c3-c3ccccc3C#N)c2c1. The van der Waals surface area contributed by atoms with Gasteiger partial charge in [0.1, 0.15) is 0 Å². The molecule has 3 aromatic heterocycles. The molecule has 0 aliphatic heterocycles. The first-order valence-electron chi connectivity index (χ1n) is 23.1. The summed E-state index contributed by atoms with van der Waals surface area (Å²) in [6.07, 6.45) is 3.68. The van der Waals surface area contributed by atoms with Crippen LogP contribution in [-0.4, -0.2) is 14.1 Å². The predicted octanol–water partition coefficient (Wildman–Crippen LogP) is 15.0. The maximum atomic E-state index is 11.0. The smallest absolute Gasteiger partial charge is 0.0998 e. The lowest BCUT2D eigenvalue weighted by Gasteiger charge is -2.21. The highest BCUT2D eigenvalue weighted by atomic mass is 15.0. The quantitative estimate of drug-likeness (QED) is 0.156. The molecule has 0 N–H and O–H groups in total. The first kappa shape index (κ1) is 42.5. The maximum absolute atomic E-state index is 11.0. The van der Waals surface area contributed by atoms with Gasteiger partial charge in [0.15, 0.2) is 0 Å². The van der Waals surface area contributed by atoms with Crippen LogP contribution in [-0.2, 0) is 0 Å². The Hall–Kier alpha value is -10.8. The van der Waals surface area contributed by atoms with E-state index >= 15 is 0 Å². The summed E-state index contributed by atoms with van der Waals surface area (Å²) in [4.78, 5) is 5.10. The van der Waals surface area contributed by atoms with Gasteiger partial charge in [0.2, 0.25) is 0 Å². The standard InChI is InChI=1S/C64H34N8/c65-33-44-11-1-6-16-49(44)40-21-25-54-55-26-22-41(50-17-7-2-12-45(50)34-66)30-59(55)71(58(54)29-40)62-38-70-39-63(64(62)53-20-10-5-15-48(53)37-69)72-60-31-42(51-18-8-3-13-46(51)35-67)23-27-56(60)57-28-24-43(32-61(57)72)52-19-9-4-14-47(52)36-68/h1-32,38-39H. The molecule has 8 heteroatoms. The molecule has 0 atom stereocenters. The van der Waals surface area contributed by atoms with E-state index in [9.17, 15) is 26.3 Å². The summed E-state index contributed by atoms with van der Waals surface area (Å²) >= 11 is 0. The monoisotopic (exact) mass is 914 g/mol. The fraction of sp³-hybridized carbons (Fsp3) is 0. The second-order valence-electron chi connectivity index (χ2n) is 17.4. The highest BCUT2D eigenvalue weighted by molar-refractivity contribution is 6.14. The molecule has 0 spiro atoms. The average molecular weight is 915 g/mol. The number of aromatic nitrogens is 3. The zero-order chi connectivity index (χ0) is 48.9. The largest absolute Gasteiger partial charge is 0.307 e. The minimum Gasteiger partial charge on any atom is -0.307 e. The zero-order valence-corrected chi connectivity index (χ0v) is 38.2. The maximum Gasteiger partial charge on any atom is 0.0998 e. The van der Waals surface area contributed by atoms with E-state index in [1.54, 1.807) is 0 Å². The van der Waals surface area contributed by atoms with Crippen LogP contribution in [0.15, 0.2) is 207 Å². The molecule has 0 unspecified atom stereocenters. The molecule has 72 heavy (non-hydrogen) atoms. The molecule has 8 nitrogen and oxygen atoms in total. The van der Waals surface area contributed by atoms with Crippen LogP contribution in [0.1, 0.15) is 27.8 Å². The third-order valence-electron chi connectivity index (χ3n) is 13.7. The van der Waals surface area contributed by atoms with E-state index in [-0.39, 0.29) is 0 Å². The summed E-state index contributed by atoms with van der Waals surface area (Å²) in [5.41, 5.74) is 15.3. The topological polar surface area (TPSA) is 142 Å². The Bertz CT molecular complexity index is 3990. The van der Waals surface area contributed by atoms with Gasteiger partial charge in [-0.1, -0.05) is 140 Å². The summed E-state index contributed by atoms with van der Waals surface area (Å²) in [5.74, 6) is 0. The molecule has 0 saturated carbocycles. The zero-order valence-electron chi connectivity index (χ0n) is 38.2. The van der Waals surface area contributed by atoms with Crippen LogP contribution < -0.4 is 0 Å². The van der Waals surface area contributed by atoms with Gasteiger partial charge in [-0.2, -0.15) is 26.3 Å². The fourth-order valence-corrected chi connectivity index (χ4v) is 10.4. The molecule has 0 fully saturated rings. The van der Waals surface area contributed by atoms with Gasteiger partial charge in [-0.3, -0.25) is 4.98 Å². The van der Waals surface area contributed by atoms with Crippen molar-refractivity contribution < 1.29 is 0 Å². The Morgan fingerprint density at radius 2 is 0.542 bits per heavy atom. The van der Waals surface area contributed by atoms with E-state index in [0.717, 1.165) is 93.7 Å². The van der Waals surface area contributed by atoms with Gasteiger partial charge < -0.3 is 9.13 Å². The second kappa shape index (κ2) is 17.4. The van der Waals surface area contributed by atoms with Gasteiger partial charge >= 0.3 is 0 Å². The molecule has 0 saturated heterocycles. The van der Waals surface area contributed by atoms with Crippen LogP contribution in [0.4, 0.5) is 0 Å². The first-order chi connectivity index (χ1) is 35.5. The predicted molar refractivity (Wildman–Crippen MR) is 284 cm³/mol. The van der Waals surface area contributed by atoms with E-state index in [1.807, 2.05) is 158 Å². The molecular formula is C64H34N8. The molecule has 12 rings (SSSR count). The number of hydrogen-bond donors (Lipinski definition) is 0. The molecule has 0 bridgehead atoms. The average Bonchev–Trinajstić information content (AvgIpc) is 3.95. The first-order valence-corrected chi connectivity index (χ1v) is 23.1. The van der Waals surface area contributed by atoms with Crippen molar-refractivity contribution in [2.75, 3.05) is 0 Å². The normalized spacial score (nSPS) is 11.0. The summed E-state index contributed by atoms with van der Waals surface area (Å²) in [5, 5.41) is 55.9. The Balaban J connectivity index is 1.25. The third kappa shape index (κ3) is 6.76. The molecule has 0 aliphatic rings. The number of hydrogen-bond acceptors (Lipinski definition) is 6. The van der Waals surface area contributed by atoms with Crippen molar-refractivity contribution in [3.05, 3.63) is 234 Å². The summed E-state index contributed by atoms with van der Waals surface area (Å²) in [6.45, 7) is 0. The molecule has 3 heterocycles. The van der Waals surface area contributed by atoms with Crippen LogP contribution in [0.2, 0.25) is 0 Å². The minimum atomic E-state index is 0.451. The molecule has 0 radical (unpaired) electrons. The summed E-state index contributed by atoms with van der Waals surface area (Å²) in [7, 11) is 0. The van der Waals surface area contributed by atoms with Crippen LogP contribution in [0.25, 0.3) is 111 Å². The van der Waals surface area contributed by atoms with Crippen LogP contribution >= 0.6 is 0 Å². The van der Waals surface area contributed by atoms with Gasteiger partial charge in [-0.25, -0.2) is 0 Å². The van der Waals surface area contributed by atoms with Crippen LogP contribution in [0.5, 0.6) is 0 Å². The van der Waals surface area contributed by atoms with Crippen molar-refractivity contribution in [1.29, 1.82) is 26.3 Å². The van der Waals surface area contributed by atoms with Crippen molar-refractivity contribution in [1.82, 2.24) is 14.1 Å². The Kier molecular flexibility index (Phi) is 10.3. The van der Waals surface area contributed by atoms with Crippen molar-refractivity contribution in [3.63, 3.8) is 0 Å². The number of rotatable bonds is 7. The Morgan fingerprint density at radius 1 is 0.292 bits per heavy atom. The highest BCUT2D eigenvalue weighted by Gasteiger charge is 2.26. The van der Waals surface area contributed by atoms with Crippen molar-refractivity contribution in [2.45, 2.75) is 0 Å². The van der Waals surface area contributed by atoms with Crippen LogP contribution in [0.3, 0.4) is 0 Å². The molecular weight excluding hydrogens is 881 g/mol. The molecule has 9 aromatic carbocycles. The molecule has 0 aliphatic carbocycles. The van der Waals surface area contributed by atoms with Gasteiger partial charge in [0.05, 0.1) is 104 Å². The number of nitriles is 5. The lowest BCUT2D eigenvalue weighted by Crippen LogP contribution is -2.06. The summed E-state index contributed by atoms with van der Waals surface area (Å²) in [6, 6.07) is 74.8. The van der Waals surface area contributed by atoms with Gasteiger partial charge in [-0.15, -0.1) is 0 Å². The van der Waals surface area contributed by atoms with Crippen molar-refractivity contribution in [3.8, 4) is 97.4 Å². The van der Waals surface area contributed by atoms with Gasteiger partial charge in [0, 0.05) is 32.7 Å². The van der Waals surface area contributed by atoms with Crippen molar-refractivity contribution in [2.24, 2.45) is 0 Å². The number of fused-ring (bicyclic) bond motifs is 6. The summed E-state index contributed by atoms with van der Waals surface area (Å²) < 4.78 is 4.39. The lowest BCUT2D eigenvalue weighted by atomic mass is 9.97. The Morgan fingerprint density at radius 3 is 0.819 bits per heavy atom. The minimum absolute atomic E-state index is 0.451. The van der Waals surface area contributed by atoms with Gasteiger partial charge in [0.25, 0.3) is 0 Å². The van der Waals surface area contributed by atoms with E-state index in [4.69, 9.17) is 4.98 Å². The Labute approximate surface area is 413 Å². The van der Waals surface area contributed by atoms with E-state index < -0.39 is 0 Å². The number of nitrogens with zero attached hydrogens (tertiary/aromatic N) is 8. The third-order valence-corrected chi connectivity index (χ3v) is 13.7. The van der Waals surface area contributed by atoms with Gasteiger partial charge in [-0.05, 0) is 99.1 Å². The van der Waals surface area contributed by atoms with E-state index in [0.29, 0.717) is 44.8 Å².